The molecule has 0 aromatic heterocycles. The normalized spacial score (nSPS) is 28.5. The maximum Gasteiger partial charge on any atom is 0.0732 e. The van der Waals surface area contributed by atoms with Crippen LogP contribution in [0.2, 0.25) is 0 Å². The lowest BCUT2D eigenvalue weighted by Gasteiger charge is -2.39. The monoisotopic (exact) mass is 283 g/mol. The van der Waals surface area contributed by atoms with Gasteiger partial charge in [0.25, 0.3) is 0 Å². The molecule has 0 amide bonds. The van der Waals surface area contributed by atoms with Crippen LogP contribution in [-0.4, -0.2) is 52.3 Å². The van der Waals surface area contributed by atoms with Gasteiger partial charge in [-0.1, -0.05) is 30.3 Å². The highest BCUT2D eigenvalue weighted by molar-refractivity contribution is 6.21. The summed E-state index contributed by atoms with van der Waals surface area (Å²) >= 11 is 6.11. The number of likely N-dealkylation sites (tertiary alicyclic amines) is 1. The average Bonchev–Trinajstić information content (AvgIpc) is 2.43. The van der Waals surface area contributed by atoms with Crippen molar-refractivity contribution in [3.8, 4) is 0 Å². The number of piperidine rings is 1. The van der Waals surface area contributed by atoms with E-state index in [1.54, 1.807) is 0 Å². The number of benzene rings is 1. The fraction of sp³-hybridized carbons (Fsp3) is 0.600. The van der Waals surface area contributed by atoms with Gasteiger partial charge in [0.1, 0.15) is 0 Å². The van der Waals surface area contributed by atoms with E-state index in [0.29, 0.717) is 13.0 Å². The summed E-state index contributed by atoms with van der Waals surface area (Å²) in [6.45, 7) is 1.66. The molecule has 1 heterocycles. The molecule has 19 heavy (non-hydrogen) atoms. The molecular weight excluding hydrogens is 262 g/mol. The molecule has 1 aliphatic heterocycles. The minimum Gasteiger partial charge on any atom is -0.395 e. The summed E-state index contributed by atoms with van der Waals surface area (Å²) in [5.41, 5.74) is 1.34. The van der Waals surface area contributed by atoms with Crippen LogP contribution in [-0.2, 0) is 6.42 Å². The first-order valence-corrected chi connectivity index (χ1v) is 7.35. The minimum atomic E-state index is -0.496. The second-order valence-electron chi connectivity index (χ2n) is 5.24. The van der Waals surface area contributed by atoms with Crippen molar-refractivity contribution >= 4 is 11.6 Å². The molecule has 1 saturated heterocycles. The number of hydrogen-bond donors (Lipinski definition) is 2. The van der Waals surface area contributed by atoms with Crippen molar-refractivity contribution in [2.75, 3.05) is 19.7 Å². The van der Waals surface area contributed by atoms with Gasteiger partial charge >= 0.3 is 0 Å². The van der Waals surface area contributed by atoms with Gasteiger partial charge in [-0.2, -0.15) is 0 Å². The van der Waals surface area contributed by atoms with Gasteiger partial charge in [0.15, 0.2) is 0 Å². The van der Waals surface area contributed by atoms with Gasteiger partial charge in [-0.05, 0) is 31.4 Å². The first-order valence-electron chi connectivity index (χ1n) is 6.91. The largest absolute Gasteiger partial charge is 0.395 e. The molecule has 0 bridgehead atoms. The zero-order valence-electron chi connectivity index (χ0n) is 11.1. The van der Waals surface area contributed by atoms with E-state index in [9.17, 15) is 10.2 Å². The van der Waals surface area contributed by atoms with Crippen LogP contribution in [0, 0.1) is 0 Å². The number of rotatable bonds is 5. The molecule has 2 rings (SSSR count). The van der Waals surface area contributed by atoms with Crippen LogP contribution >= 0.6 is 11.6 Å². The second-order valence-corrected chi connectivity index (χ2v) is 5.80. The Bertz CT molecular complexity index is 374. The summed E-state index contributed by atoms with van der Waals surface area (Å²) < 4.78 is 0. The standard InChI is InChI=1S/C15H22ClNO2/c16-14-10-17(13(11-18)9-15(14)19)8-4-7-12-5-2-1-3-6-12/h1-3,5-6,13-15,18-19H,4,7-11H2/t13?,14-,15?/m0/s1. The summed E-state index contributed by atoms with van der Waals surface area (Å²) in [5.74, 6) is 0. The van der Waals surface area contributed by atoms with Gasteiger partial charge in [0.2, 0.25) is 0 Å². The van der Waals surface area contributed by atoms with Crippen LogP contribution in [0.25, 0.3) is 0 Å². The summed E-state index contributed by atoms with van der Waals surface area (Å²) in [7, 11) is 0. The number of alkyl halides is 1. The summed E-state index contributed by atoms with van der Waals surface area (Å²) in [6.07, 6.45) is 2.14. The van der Waals surface area contributed by atoms with Gasteiger partial charge in [0.05, 0.1) is 18.1 Å². The fourth-order valence-corrected chi connectivity index (χ4v) is 2.95. The number of halogens is 1. The Morgan fingerprint density at radius 2 is 2.00 bits per heavy atom. The van der Waals surface area contributed by atoms with E-state index in [4.69, 9.17) is 11.6 Å². The van der Waals surface area contributed by atoms with Crippen molar-refractivity contribution < 1.29 is 10.2 Å². The van der Waals surface area contributed by atoms with Crippen LogP contribution < -0.4 is 0 Å². The Kier molecular flexibility index (Phi) is 5.64. The number of hydrogen-bond acceptors (Lipinski definition) is 3. The average molecular weight is 284 g/mol. The van der Waals surface area contributed by atoms with Crippen molar-refractivity contribution in [3.63, 3.8) is 0 Å². The molecular formula is C15H22ClNO2. The highest BCUT2D eigenvalue weighted by atomic mass is 35.5. The Morgan fingerprint density at radius 3 is 2.68 bits per heavy atom. The minimum absolute atomic E-state index is 0.0424. The molecule has 2 N–H and O–H groups in total. The summed E-state index contributed by atoms with van der Waals surface area (Å²) in [5, 5.41) is 18.9. The smallest absolute Gasteiger partial charge is 0.0732 e. The van der Waals surface area contributed by atoms with Gasteiger partial charge < -0.3 is 10.2 Å². The fourth-order valence-electron chi connectivity index (χ4n) is 2.67. The topological polar surface area (TPSA) is 43.7 Å². The maximum absolute atomic E-state index is 9.73. The van der Waals surface area contributed by atoms with E-state index in [0.717, 1.165) is 19.4 Å². The zero-order chi connectivity index (χ0) is 13.7. The second kappa shape index (κ2) is 7.25. The van der Waals surface area contributed by atoms with Crippen molar-refractivity contribution in [1.82, 2.24) is 4.90 Å². The van der Waals surface area contributed by atoms with Crippen molar-refractivity contribution in [2.45, 2.75) is 36.8 Å². The number of nitrogens with zero attached hydrogens (tertiary/aromatic N) is 1. The molecule has 0 aliphatic carbocycles. The van der Waals surface area contributed by atoms with E-state index in [-0.39, 0.29) is 18.0 Å². The van der Waals surface area contributed by atoms with Gasteiger partial charge in [0, 0.05) is 12.6 Å². The highest BCUT2D eigenvalue weighted by Crippen LogP contribution is 2.22. The van der Waals surface area contributed by atoms with Gasteiger partial charge in [-0.15, -0.1) is 11.6 Å². The Labute approximate surface area is 119 Å². The third-order valence-corrected chi connectivity index (χ3v) is 4.25. The summed E-state index contributed by atoms with van der Waals surface area (Å²) in [6, 6.07) is 10.4. The molecule has 3 nitrogen and oxygen atoms in total. The molecule has 3 atom stereocenters. The molecule has 106 valence electrons. The number of aryl methyl sites for hydroxylation is 1. The first kappa shape index (κ1) is 14.8. The lowest BCUT2D eigenvalue weighted by atomic mass is 9.99. The molecule has 1 fully saturated rings. The first-order chi connectivity index (χ1) is 9.20. The van der Waals surface area contributed by atoms with Crippen LogP contribution in [0.1, 0.15) is 18.4 Å². The van der Waals surface area contributed by atoms with Gasteiger partial charge in [-0.25, -0.2) is 0 Å². The van der Waals surface area contributed by atoms with Crippen LogP contribution in [0.4, 0.5) is 0 Å². The predicted molar refractivity (Wildman–Crippen MR) is 77.5 cm³/mol. The lowest BCUT2D eigenvalue weighted by molar-refractivity contribution is 0.0198. The van der Waals surface area contributed by atoms with Crippen LogP contribution in [0.5, 0.6) is 0 Å². The lowest BCUT2D eigenvalue weighted by Crippen LogP contribution is -2.52. The molecule has 1 aromatic rings. The molecule has 0 spiro atoms. The number of aliphatic hydroxyl groups is 2. The third-order valence-electron chi connectivity index (χ3n) is 3.82. The van der Waals surface area contributed by atoms with E-state index < -0.39 is 6.10 Å². The van der Waals surface area contributed by atoms with Crippen molar-refractivity contribution in [1.29, 1.82) is 0 Å². The third kappa shape index (κ3) is 4.18. The van der Waals surface area contributed by atoms with Crippen LogP contribution in [0.3, 0.4) is 0 Å². The molecule has 0 saturated carbocycles. The molecule has 1 aliphatic rings. The quantitative estimate of drug-likeness (QED) is 0.808. The molecule has 2 unspecified atom stereocenters. The van der Waals surface area contributed by atoms with E-state index >= 15 is 0 Å². The highest BCUT2D eigenvalue weighted by Gasteiger charge is 2.32. The maximum atomic E-state index is 9.73. The van der Waals surface area contributed by atoms with E-state index in [2.05, 4.69) is 29.2 Å². The molecule has 4 heteroatoms. The van der Waals surface area contributed by atoms with Crippen molar-refractivity contribution in [2.24, 2.45) is 0 Å². The molecule has 1 aromatic carbocycles. The Balaban J connectivity index is 1.81. The summed E-state index contributed by atoms with van der Waals surface area (Å²) in [4.78, 5) is 2.20. The Morgan fingerprint density at radius 1 is 1.26 bits per heavy atom. The number of aliphatic hydroxyl groups excluding tert-OH is 2. The SMILES string of the molecule is OCC1CC(O)[C@@H](Cl)CN1CCCc1ccccc1. The Hall–Kier alpha value is -0.610. The molecule has 0 radical (unpaired) electrons. The van der Waals surface area contributed by atoms with Gasteiger partial charge in [-0.3, -0.25) is 4.90 Å². The van der Waals surface area contributed by atoms with Crippen molar-refractivity contribution in [3.05, 3.63) is 35.9 Å². The van der Waals surface area contributed by atoms with E-state index in [1.807, 2.05) is 6.07 Å². The van der Waals surface area contributed by atoms with Crippen LogP contribution in [0.15, 0.2) is 30.3 Å². The van der Waals surface area contributed by atoms with E-state index in [1.165, 1.54) is 5.56 Å². The predicted octanol–water partition coefficient (Wildman–Crippen LogP) is 1.65. The zero-order valence-corrected chi connectivity index (χ0v) is 11.8.